The summed E-state index contributed by atoms with van der Waals surface area (Å²) in [5.41, 5.74) is 7.97. The van der Waals surface area contributed by atoms with E-state index in [0.717, 1.165) is 36.5 Å². The number of benzene rings is 3. The molecular weight excluding hydrogens is 511 g/mol. The zero-order chi connectivity index (χ0) is 29.9. The van der Waals surface area contributed by atoms with Gasteiger partial charge >= 0.3 is 8.60 Å². The molecule has 0 unspecified atom stereocenters. The molecule has 0 heterocycles. The molecule has 0 N–H and O–H groups in total. The monoisotopic (exact) mass is 562 g/mol. The topological polar surface area (TPSA) is 27.7 Å². The summed E-state index contributed by atoms with van der Waals surface area (Å²) in [7, 11) is -1.75. The highest BCUT2D eigenvalue weighted by atomic mass is 31.2. The highest BCUT2D eigenvalue weighted by Gasteiger charge is 2.26. The van der Waals surface area contributed by atoms with Gasteiger partial charge in [-0.1, -0.05) is 80.5 Å². The number of aryl methyl sites for hydroxylation is 3. The van der Waals surface area contributed by atoms with Crippen molar-refractivity contribution < 1.29 is 13.6 Å². The Hall–Kier alpha value is -2.51. The van der Waals surface area contributed by atoms with E-state index in [1.165, 1.54) is 33.4 Å². The molecule has 0 aliphatic heterocycles. The quantitative estimate of drug-likeness (QED) is 0.205. The second kappa shape index (κ2) is 12.6. The zero-order valence-corrected chi connectivity index (χ0v) is 27.9. The lowest BCUT2D eigenvalue weighted by Gasteiger charge is -2.27. The summed E-state index contributed by atoms with van der Waals surface area (Å²) in [6.07, 6.45) is 3.21. The van der Waals surface area contributed by atoms with Crippen LogP contribution in [0.3, 0.4) is 0 Å². The van der Waals surface area contributed by atoms with Crippen molar-refractivity contribution in [2.45, 2.75) is 119 Å². The summed E-state index contributed by atoms with van der Waals surface area (Å²) >= 11 is 0. The van der Waals surface area contributed by atoms with Crippen molar-refractivity contribution in [2.75, 3.05) is 0 Å². The molecule has 0 aromatic heterocycles. The van der Waals surface area contributed by atoms with E-state index >= 15 is 0 Å². The van der Waals surface area contributed by atoms with Crippen LogP contribution in [0.5, 0.6) is 17.2 Å². The molecule has 218 valence electrons. The summed E-state index contributed by atoms with van der Waals surface area (Å²) in [6, 6.07) is 19.0. The third kappa shape index (κ3) is 7.41. The third-order valence-electron chi connectivity index (χ3n) is 8.97. The first-order chi connectivity index (χ1) is 18.6. The van der Waals surface area contributed by atoms with Crippen molar-refractivity contribution in [1.82, 2.24) is 0 Å². The minimum Gasteiger partial charge on any atom is -0.408 e. The molecule has 3 nitrogen and oxygen atoms in total. The highest BCUT2D eigenvalue weighted by Crippen LogP contribution is 2.45. The predicted octanol–water partition coefficient (Wildman–Crippen LogP) is 11.4. The Kier molecular flexibility index (Phi) is 10.1. The largest absolute Gasteiger partial charge is 0.530 e. The van der Waals surface area contributed by atoms with Crippen LogP contribution in [0.15, 0.2) is 54.6 Å². The third-order valence-corrected chi connectivity index (χ3v) is 10.1. The molecule has 0 aliphatic carbocycles. The van der Waals surface area contributed by atoms with Gasteiger partial charge in [-0.05, 0) is 126 Å². The highest BCUT2D eigenvalue weighted by molar-refractivity contribution is 7.43. The second-order valence-corrected chi connectivity index (χ2v) is 14.1. The van der Waals surface area contributed by atoms with E-state index in [-0.39, 0.29) is 16.2 Å². The Balaban J connectivity index is 1.94. The lowest BCUT2D eigenvalue weighted by molar-refractivity contribution is 0.387. The minimum absolute atomic E-state index is 0.109. The first kappa shape index (κ1) is 32.0. The van der Waals surface area contributed by atoms with E-state index in [9.17, 15) is 0 Å². The maximum absolute atomic E-state index is 6.44. The normalized spacial score (nSPS) is 12.5. The molecule has 0 amide bonds. The van der Waals surface area contributed by atoms with Crippen molar-refractivity contribution in [1.29, 1.82) is 0 Å². The first-order valence-electron chi connectivity index (χ1n) is 14.8. The van der Waals surface area contributed by atoms with Crippen LogP contribution in [0.2, 0.25) is 0 Å². The summed E-state index contributed by atoms with van der Waals surface area (Å²) < 4.78 is 19.3. The van der Waals surface area contributed by atoms with E-state index in [0.29, 0.717) is 0 Å². The van der Waals surface area contributed by atoms with Crippen molar-refractivity contribution in [2.24, 2.45) is 0 Å². The summed E-state index contributed by atoms with van der Waals surface area (Å²) in [4.78, 5) is 0. The van der Waals surface area contributed by atoms with Crippen LogP contribution < -0.4 is 13.6 Å². The molecule has 3 aromatic carbocycles. The Morgan fingerprint density at radius 3 is 0.925 bits per heavy atom. The van der Waals surface area contributed by atoms with Gasteiger partial charge < -0.3 is 13.6 Å². The van der Waals surface area contributed by atoms with E-state index in [2.05, 4.69) is 119 Å². The maximum Gasteiger partial charge on any atom is 0.530 e. The van der Waals surface area contributed by atoms with E-state index in [4.69, 9.17) is 13.6 Å². The van der Waals surface area contributed by atoms with Gasteiger partial charge in [0.05, 0.1) is 0 Å². The Labute approximate surface area is 245 Å². The molecule has 4 heteroatoms. The summed E-state index contributed by atoms with van der Waals surface area (Å²) in [6.45, 7) is 26.9. The van der Waals surface area contributed by atoms with Crippen LogP contribution >= 0.6 is 8.60 Å². The van der Waals surface area contributed by atoms with E-state index in [1.807, 2.05) is 18.2 Å². The lowest BCUT2D eigenvalue weighted by atomic mass is 9.80. The molecule has 0 saturated carbocycles. The lowest BCUT2D eigenvalue weighted by Crippen LogP contribution is -2.17. The SMILES string of the molecule is CCC(C)(C)c1ccc(OP(Oc2ccc(C(C)(C)CC)c(C)c2)Oc2ccc(C(C)(C)CC)c(C)c2)cc1C. The van der Waals surface area contributed by atoms with Crippen LogP contribution in [0.25, 0.3) is 0 Å². The Bertz CT molecular complexity index is 1140. The molecule has 0 radical (unpaired) electrons. The van der Waals surface area contributed by atoms with Gasteiger partial charge in [0.2, 0.25) is 0 Å². The van der Waals surface area contributed by atoms with Crippen molar-refractivity contribution in [3.05, 3.63) is 88.0 Å². The van der Waals surface area contributed by atoms with Crippen molar-refractivity contribution in [3.8, 4) is 17.2 Å². The average molecular weight is 563 g/mol. The van der Waals surface area contributed by atoms with Gasteiger partial charge in [-0.25, -0.2) is 0 Å². The van der Waals surface area contributed by atoms with Crippen LogP contribution in [0.1, 0.15) is 115 Å². The van der Waals surface area contributed by atoms with Crippen molar-refractivity contribution in [3.63, 3.8) is 0 Å². The smallest absolute Gasteiger partial charge is 0.408 e. The van der Waals surface area contributed by atoms with Crippen LogP contribution in [0, 0.1) is 20.8 Å². The standard InChI is InChI=1S/C36H51O3P/c1-13-34(7,8)31-19-16-28(22-25(31)4)37-40(38-29-17-20-32(26(5)23-29)35(9,10)14-2)39-30-18-21-33(27(6)24-30)36(11,12)15-3/h16-24H,13-15H2,1-12H3. The molecule has 0 saturated heterocycles. The van der Waals surface area contributed by atoms with Gasteiger partial charge in [0.1, 0.15) is 17.2 Å². The summed E-state index contributed by atoms with van der Waals surface area (Å²) in [5.74, 6) is 2.25. The molecule has 0 atom stereocenters. The molecule has 3 aromatic rings. The Morgan fingerprint density at radius 1 is 0.475 bits per heavy atom. The maximum atomic E-state index is 6.44. The summed E-state index contributed by atoms with van der Waals surface area (Å²) in [5, 5.41) is 0. The van der Waals surface area contributed by atoms with Crippen LogP contribution in [-0.2, 0) is 16.2 Å². The molecule has 40 heavy (non-hydrogen) atoms. The van der Waals surface area contributed by atoms with Gasteiger partial charge in [-0.2, -0.15) is 0 Å². The van der Waals surface area contributed by atoms with Crippen LogP contribution in [0.4, 0.5) is 0 Å². The first-order valence-corrected chi connectivity index (χ1v) is 15.9. The fraction of sp³-hybridized carbons (Fsp3) is 0.500. The molecular formula is C36H51O3P. The fourth-order valence-electron chi connectivity index (χ4n) is 5.24. The Morgan fingerprint density at radius 2 is 0.725 bits per heavy atom. The molecule has 0 aliphatic rings. The molecule has 0 spiro atoms. The van der Waals surface area contributed by atoms with E-state index < -0.39 is 8.60 Å². The molecule has 0 fully saturated rings. The van der Waals surface area contributed by atoms with Gasteiger partial charge in [0.15, 0.2) is 0 Å². The van der Waals surface area contributed by atoms with Gasteiger partial charge in [0.25, 0.3) is 0 Å². The number of rotatable bonds is 12. The second-order valence-electron chi connectivity index (χ2n) is 13.1. The fourth-order valence-corrected chi connectivity index (χ4v) is 6.21. The van der Waals surface area contributed by atoms with Crippen molar-refractivity contribution >= 4 is 8.60 Å². The van der Waals surface area contributed by atoms with Gasteiger partial charge in [-0.15, -0.1) is 0 Å². The van der Waals surface area contributed by atoms with Crippen LogP contribution in [-0.4, -0.2) is 0 Å². The van der Waals surface area contributed by atoms with Gasteiger partial charge in [0, 0.05) is 0 Å². The zero-order valence-electron chi connectivity index (χ0n) is 27.0. The average Bonchev–Trinajstić information content (AvgIpc) is 2.88. The predicted molar refractivity (Wildman–Crippen MR) is 172 cm³/mol. The molecule has 3 rings (SSSR count). The van der Waals surface area contributed by atoms with Gasteiger partial charge in [-0.3, -0.25) is 0 Å². The van der Waals surface area contributed by atoms with E-state index in [1.54, 1.807) is 0 Å². The molecule has 0 bridgehead atoms. The minimum atomic E-state index is -1.75. The number of hydrogen-bond donors (Lipinski definition) is 0. The number of hydrogen-bond acceptors (Lipinski definition) is 3.